The molecular weight excluding hydrogens is 128 g/mol. The molecule has 0 aromatic heterocycles. The van der Waals surface area contributed by atoms with E-state index in [9.17, 15) is 0 Å². The van der Waals surface area contributed by atoms with Gasteiger partial charge in [0.2, 0.25) is 0 Å². The molecule has 0 heterocycles. The summed E-state index contributed by atoms with van der Waals surface area (Å²) >= 11 is 4.40. The lowest BCUT2D eigenvalue weighted by Gasteiger charge is -2.14. The quantitative estimate of drug-likeness (QED) is 0.316. The molecule has 0 aromatic rings. The third-order valence-corrected chi connectivity index (χ3v) is 0.911. The van der Waals surface area contributed by atoms with Crippen LogP contribution in [0.4, 0.5) is 0 Å². The highest BCUT2D eigenvalue weighted by Gasteiger charge is 1.98. The average molecular weight is 136 g/mol. The van der Waals surface area contributed by atoms with Crippen LogP contribution in [0.1, 0.15) is 0 Å². The van der Waals surface area contributed by atoms with Gasteiger partial charge in [0.25, 0.3) is 0 Å². The van der Waals surface area contributed by atoms with Gasteiger partial charge in [-0.2, -0.15) is 0 Å². The number of nitrogens with two attached hydrogens (primary N) is 1. The summed E-state index contributed by atoms with van der Waals surface area (Å²) in [6.45, 7) is -0.683. The molecule has 48 valence electrons. The third kappa shape index (κ3) is 2.06. The van der Waals surface area contributed by atoms with E-state index >= 15 is 0 Å². The van der Waals surface area contributed by atoms with Crippen molar-refractivity contribution in [3.8, 4) is 0 Å². The maximum absolute atomic E-state index is 8.29. The van der Waals surface area contributed by atoms with Crippen molar-refractivity contribution < 1.29 is 10.2 Å². The SMILES string of the molecule is NC(=S)N(CO)CO. The summed E-state index contributed by atoms with van der Waals surface area (Å²) in [6.07, 6.45) is 0. The van der Waals surface area contributed by atoms with Gasteiger partial charge in [-0.15, -0.1) is 0 Å². The van der Waals surface area contributed by atoms with Crippen LogP contribution in [0, 0.1) is 0 Å². The van der Waals surface area contributed by atoms with Gasteiger partial charge in [0.15, 0.2) is 5.11 Å². The molecule has 5 heteroatoms. The Morgan fingerprint density at radius 2 is 1.88 bits per heavy atom. The Balaban J connectivity index is 3.52. The number of aliphatic hydroxyl groups is 2. The zero-order valence-electron chi connectivity index (χ0n) is 4.24. The molecule has 8 heavy (non-hydrogen) atoms. The van der Waals surface area contributed by atoms with E-state index in [-0.39, 0.29) is 18.6 Å². The molecule has 0 bridgehead atoms. The van der Waals surface area contributed by atoms with Crippen LogP contribution in [0.3, 0.4) is 0 Å². The van der Waals surface area contributed by atoms with Gasteiger partial charge in [0.1, 0.15) is 13.5 Å². The maximum atomic E-state index is 8.29. The van der Waals surface area contributed by atoms with Gasteiger partial charge in [0.05, 0.1) is 0 Å². The summed E-state index contributed by atoms with van der Waals surface area (Å²) in [5.74, 6) is 0. The number of rotatable bonds is 2. The van der Waals surface area contributed by atoms with Crippen LogP contribution < -0.4 is 5.73 Å². The largest absolute Gasteiger partial charge is 0.376 e. The van der Waals surface area contributed by atoms with Crippen LogP contribution in [0.15, 0.2) is 0 Å². The molecule has 0 rings (SSSR count). The van der Waals surface area contributed by atoms with Gasteiger partial charge in [-0.25, -0.2) is 0 Å². The van der Waals surface area contributed by atoms with Crippen molar-refractivity contribution in [2.24, 2.45) is 5.73 Å². The lowest BCUT2D eigenvalue weighted by molar-refractivity contribution is 0.0872. The molecule has 0 fully saturated rings. The van der Waals surface area contributed by atoms with Crippen molar-refractivity contribution in [2.45, 2.75) is 0 Å². The van der Waals surface area contributed by atoms with E-state index in [0.29, 0.717) is 0 Å². The minimum absolute atomic E-state index is 0.00463. The van der Waals surface area contributed by atoms with E-state index < -0.39 is 0 Å². The summed E-state index contributed by atoms with van der Waals surface area (Å²) in [5, 5.41) is 16.6. The highest BCUT2D eigenvalue weighted by Crippen LogP contribution is 1.79. The van der Waals surface area contributed by atoms with E-state index in [1.54, 1.807) is 0 Å². The second-order valence-corrected chi connectivity index (χ2v) is 1.58. The van der Waals surface area contributed by atoms with Crippen molar-refractivity contribution in [1.82, 2.24) is 4.90 Å². The molecule has 0 atom stereocenters. The van der Waals surface area contributed by atoms with E-state index in [0.717, 1.165) is 4.90 Å². The van der Waals surface area contributed by atoms with Gasteiger partial charge in [0, 0.05) is 0 Å². The van der Waals surface area contributed by atoms with Gasteiger partial charge in [-0.05, 0) is 12.2 Å². The van der Waals surface area contributed by atoms with E-state index in [1.165, 1.54) is 0 Å². The van der Waals surface area contributed by atoms with Gasteiger partial charge < -0.3 is 20.8 Å². The van der Waals surface area contributed by atoms with Crippen molar-refractivity contribution in [3.63, 3.8) is 0 Å². The zero-order valence-corrected chi connectivity index (χ0v) is 5.06. The molecule has 4 N–H and O–H groups in total. The molecule has 0 unspecified atom stereocenters. The Bertz CT molecular complexity index is 83.4. The Hall–Kier alpha value is -0.390. The number of nitrogens with zero attached hydrogens (tertiary/aromatic N) is 1. The second-order valence-electron chi connectivity index (χ2n) is 1.16. The molecule has 0 radical (unpaired) electrons. The van der Waals surface area contributed by atoms with Crippen LogP contribution >= 0.6 is 12.2 Å². The summed E-state index contributed by atoms with van der Waals surface area (Å²) in [4.78, 5) is 1.04. The molecule has 4 nitrogen and oxygen atoms in total. The highest BCUT2D eigenvalue weighted by atomic mass is 32.1. The fourth-order valence-electron chi connectivity index (χ4n) is 0.184. The molecule has 0 aliphatic carbocycles. The van der Waals surface area contributed by atoms with Gasteiger partial charge >= 0.3 is 0 Å². The molecule has 0 saturated heterocycles. The first kappa shape index (κ1) is 7.61. The lowest BCUT2D eigenvalue weighted by Crippen LogP contribution is -2.36. The predicted octanol–water partition coefficient (Wildman–Crippen LogP) is -1.57. The van der Waals surface area contributed by atoms with Gasteiger partial charge in [-0.3, -0.25) is 0 Å². The first-order valence-corrected chi connectivity index (χ1v) is 2.39. The molecule has 0 spiro atoms. The summed E-state index contributed by atoms with van der Waals surface area (Å²) in [7, 11) is 0. The van der Waals surface area contributed by atoms with Crippen LogP contribution in [-0.2, 0) is 0 Å². The molecule has 0 saturated carbocycles. The topological polar surface area (TPSA) is 69.7 Å². The number of aliphatic hydroxyl groups excluding tert-OH is 2. The number of hydrogen-bond donors (Lipinski definition) is 3. The molecule has 0 amide bonds. The van der Waals surface area contributed by atoms with Crippen LogP contribution in [0.25, 0.3) is 0 Å². The van der Waals surface area contributed by atoms with Crippen LogP contribution in [-0.4, -0.2) is 33.7 Å². The van der Waals surface area contributed by atoms with Crippen molar-refractivity contribution >= 4 is 17.3 Å². The first-order valence-electron chi connectivity index (χ1n) is 1.98. The summed E-state index contributed by atoms with van der Waals surface area (Å²) in [6, 6.07) is 0. The van der Waals surface area contributed by atoms with Crippen LogP contribution in [0.2, 0.25) is 0 Å². The third-order valence-electron chi connectivity index (χ3n) is 0.653. The van der Waals surface area contributed by atoms with Crippen molar-refractivity contribution in [3.05, 3.63) is 0 Å². The Morgan fingerprint density at radius 1 is 1.50 bits per heavy atom. The van der Waals surface area contributed by atoms with Gasteiger partial charge in [-0.1, -0.05) is 0 Å². The molecular formula is C3H8N2O2S. The lowest BCUT2D eigenvalue weighted by atomic mass is 10.8. The van der Waals surface area contributed by atoms with Crippen molar-refractivity contribution in [1.29, 1.82) is 0 Å². The predicted molar refractivity (Wildman–Crippen MR) is 32.8 cm³/mol. The minimum atomic E-state index is -0.341. The number of thiocarbonyl (C=S) groups is 1. The van der Waals surface area contributed by atoms with Crippen LogP contribution in [0.5, 0.6) is 0 Å². The highest BCUT2D eigenvalue weighted by molar-refractivity contribution is 7.80. The first-order chi connectivity index (χ1) is 3.72. The summed E-state index contributed by atoms with van der Waals surface area (Å²) < 4.78 is 0. The molecule has 0 aliphatic heterocycles. The smallest absolute Gasteiger partial charge is 0.169 e. The standard InChI is InChI=1S/C3H8N2O2S/c4-3(8)5(1-6)2-7/h6-7H,1-2H2,(H2,4,8). The molecule has 0 aliphatic rings. The molecule has 0 aromatic carbocycles. The monoisotopic (exact) mass is 136 g/mol. The number of hydrogen-bond acceptors (Lipinski definition) is 3. The maximum Gasteiger partial charge on any atom is 0.169 e. The minimum Gasteiger partial charge on any atom is -0.376 e. The normalized spacial score (nSPS) is 8.75. The Morgan fingerprint density at radius 3 is 1.88 bits per heavy atom. The average Bonchev–Trinajstić information content (AvgIpc) is 1.69. The Labute approximate surface area is 52.5 Å². The summed E-state index contributed by atoms with van der Waals surface area (Å²) in [5.41, 5.74) is 5.00. The fraction of sp³-hybridized carbons (Fsp3) is 0.667. The van der Waals surface area contributed by atoms with Crippen molar-refractivity contribution in [2.75, 3.05) is 13.5 Å². The van der Waals surface area contributed by atoms with E-state index in [1.807, 2.05) is 0 Å². The van der Waals surface area contributed by atoms with E-state index in [4.69, 9.17) is 15.9 Å². The Kier molecular flexibility index (Phi) is 3.42. The second kappa shape index (κ2) is 3.59. The zero-order chi connectivity index (χ0) is 6.57. The fourth-order valence-corrected chi connectivity index (χ4v) is 0.300. The van der Waals surface area contributed by atoms with E-state index in [2.05, 4.69) is 12.2 Å².